The van der Waals surface area contributed by atoms with Gasteiger partial charge in [-0.3, -0.25) is 4.79 Å². The van der Waals surface area contributed by atoms with E-state index in [0.717, 1.165) is 61.9 Å². The standard InChI is InChI=1S/C29H40N4OS/c1-20(19-29(4,5)6)18-25(34)32-14-16-33(17-15-32)27-26-21(2)22(3)35-28(26)31-24(30-27)13-12-23-10-8-7-9-11-23/h7-11,20H,12-19H2,1-6H3. The first-order valence-corrected chi connectivity index (χ1v) is 13.8. The molecule has 4 rings (SSSR count). The summed E-state index contributed by atoms with van der Waals surface area (Å²) in [4.78, 5) is 29.8. The summed E-state index contributed by atoms with van der Waals surface area (Å²) in [5, 5.41) is 1.19. The Hall–Kier alpha value is -2.47. The summed E-state index contributed by atoms with van der Waals surface area (Å²) >= 11 is 1.77. The van der Waals surface area contributed by atoms with E-state index in [1.807, 2.05) is 0 Å². The van der Waals surface area contributed by atoms with Crippen molar-refractivity contribution in [1.29, 1.82) is 0 Å². The van der Waals surface area contributed by atoms with Crippen molar-refractivity contribution in [3.05, 3.63) is 52.2 Å². The van der Waals surface area contributed by atoms with Gasteiger partial charge >= 0.3 is 0 Å². The first kappa shape index (κ1) is 25.6. The van der Waals surface area contributed by atoms with E-state index in [4.69, 9.17) is 9.97 Å². The summed E-state index contributed by atoms with van der Waals surface area (Å²) in [7, 11) is 0. The number of hydrogen-bond acceptors (Lipinski definition) is 5. The van der Waals surface area contributed by atoms with Crippen molar-refractivity contribution >= 4 is 33.3 Å². The molecule has 1 saturated heterocycles. The number of aryl methyl sites for hydroxylation is 4. The fourth-order valence-electron chi connectivity index (χ4n) is 5.23. The number of rotatable bonds is 7. The predicted molar refractivity (Wildman–Crippen MR) is 147 cm³/mol. The number of benzene rings is 1. The van der Waals surface area contributed by atoms with E-state index in [9.17, 15) is 4.79 Å². The van der Waals surface area contributed by atoms with Gasteiger partial charge in [-0.05, 0) is 49.1 Å². The molecule has 1 aliphatic rings. The van der Waals surface area contributed by atoms with Crippen molar-refractivity contribution in [3.63, 3.8) is 0 Å². The third kappa shape index (κ3) is 6.40. The van der Waals surface area contributed by atoms with E-state index in [1.165, 1.54) is 21.4 Å². The zero-order chi connectivity index (χ0) is 25.2. The number of carbonyl (C=O) groups is 1. The molecule has 1 amide bonds. The van der Waals surface area contributed by atoms with Crippen molar-refractivity contribution < 1.29 is 4.79 Å². The first-order valence-electron chi connectivity index (χ1n) is 12.9. The number of fused-ring (bicyclic) bond motifs is 1. The van der Waals surface area contributed by atoms with Gasteiger partial charge in [0.25, 0.3) is 0 Å². The summed E-state index contributed by atoms with van der Waals surface area (Å²) < 4.78 is 0. The molecule has 3 aromatic rings. The molecule has 188 valence electrons. The zero-order valence-corrected chi connectivity index (χ0v) is 23.0. The maximum Gasteiger partial charge on any atom is 0.222 e. The molecule has 0 bridgehead atoms. The number of anilines is 1. The molecule has 0 spiro atoms. The zero-order valence-electron chi connectivity index (χ0n) is 22.2. The van der Waals surface area contributed by atoms with Crippen molar-refractivity contribution in [2.75, 3.05) is 31.1 Å². The summed E-state index contributed by atoms with van der Waals surface area (Å²) in [5.74, 6) is 2.66. The molecule has 3 heterocycles. The molecule has 1 atom stereocenters. The topological polar surface area (TPSA) is 49.3 Å². The number of aromatic nitrogens is 2. The summed E-state index contributed by atoms with van der Waals surface area (Å²) in [6.07, 6.45) is 3.47. The Morgan fingerprint density at radius 3 is 2.37 bits per heavy atom. The van der Waals surface area contributed by atoms with Crippen LogP contribution in [-0.2, 0) is 17.6 Å². The predicted octanol–water partition coefficient (Wildman–Crippen LogP) is 6.20. The van der Waals surface area contributed by atoms with Crippen LogP contribution in [0, 0.1) is 25.2 Å². The molecular weight excluding hydrogens is 452 g/mol. The Labute approximate surface area is 214 Å². The van der Waals surface area contributed by atoms with Crippen molar-refractivity contribution in [2.45, 2.75) is 67.2 Å². The minimum absolute atomic E-state index is 0.255. The van der Waals surface area contributed by atoms with Crippen LogP contribution in [0.25, 0.3) is 10.2 Å². The molecule has 1 aliphatic heterocycles. The molecule has 0 radical (unpaired) electrons. The Balaban J connectivity index is 1.47. The van der Waals surface area contributed by atoms with E-state index in [2.05, 4.69) is 81.7 Å². The lowest BCUT2D eigenvalue weighted by Crippen LogP contribution is -2.49. The second-order valence-electron chi connectivity index (χ2n) is 11.4. The van der Waals surface area contributed by atoms with Crippen LogP contribution >= 0.6 is 11.3 Å². The average Bonchev–Trinajstić information content (AvgIpc) is 3.10. The molecule has 0 saturated carbocycles. The fraction of sp³-hybridized carbons (Fsp3) is 0.552. The number of carbonyl (C=O) groups excluding carboxylic acids is 1. The van der Waals surface area contributed by atoms with Gasteiger partial charge in [0.2, 0.25) is 5.91 Å². The molecule has 1 unspecified atom stereocenters. The van der Waals surface area contributed by atoms with Crippen LogP contribution in [0.4, 0.5) is 5.82 Å². The minimum atomic E-state index is 0.255. The van der Waals surface area contributed by atoms with E-state index >= 15 is 0 Å². The molecule has 0 N–H and O–H groups in total. The smallest absolute Gasteiger partial charge is 0.222 e. The SMILES string of the molecule is Cc1sc2nc(CCc3ccccc3)nc(N3CCN(C(=O)CC(C)CC(C)(C)C)CC3)c2c1C. The summed E-state index contributed by atoms with van der Waals surface area (Å²) in [6.45, 7) is 16.5. The fourth-order valence-corrected chi connectivity index (χ4v) is 6.27. The van der Waals surface area contributed by atoms with E-state index in [0.29, 0.717) is 18.2 Å². The molecular formula is C29H40N4OS. The summed E-state index contributed by atoms with van der Waals surface area (Å²) in [5.41, 5.74) is 2.85. The molecule has 1 fully saturated rings. The van der Waals surface area contributed by atoms with Gasteiger partial charge in [-0.15, -0.1) is 11.3 Å². The highest BCUT2D eigenvalue weighted by molar-refractivity contribution is 7.18. The second-order valence-corrected chi connectivity index (χ2v) is 12.6. The largest absolute Gasteiger partial charge is 0.352 e. The van der Waals surface area contributed by atoms with Crippen LogP contribution in [0.2, 0.25) is 0 Å². The normalized spacial score (nSPS) is 15.6. The van der Waals surface area contributed by atoms with Gasteiger partial charge in [0.05, 0.1) is 5.39 Å². The Morgan fingerprint density at radius 2 is 1.71 bits per heavy atom. The maximum absolute atomic E-state index is 13.0. The Morgan fingerprint density at radius 1 is 1.03 bits per heavy atom. The van der Waals surface area contributed by atoms with Crippen LogP contribution < -0.4 is 4.90 Å². The van der Waals surface area contributed by atoms with Crippen LogP contribution in [-0.4, -0.2) is 47.0 Å². The maximum atomic E-state index is 13.0. The van der Waals surface area contributed by atoms with Crippen molar-refractivity contribution in [2.24, 2.45) is 11.3 Å². The van der Waals surface area contributed by atoms with E-state index in [1.54, 1.807) is 11.3 Å². The molecule has 5 nitrogen and oxygen atoms in total. The third-order valence-electron chi connectivity index (χ3n) is 6.95. The van der Waals surface area contributed by atoms with Gasteiger partial charge in [0.15, 0.2) is 0 Å². The number of amides is 1. The molecule has 2 aromatic heterocycles. The third-order valence-corrected chi connectivity index (χ3v) is 8.05. The summed E-state index contributed by atoms with van der Waals surface area (Å²) in [6, 6.07) is 10.6. The lowest BCUT2D eigenvalue weighted by molar-refractivity contribution is -0.132. The van der Waals surface area contributed by atoms with Gasteiger partial charge in [-0.2, -0.15) is 0 Å². The van der Waals surface area contributed by atoms with Gasteiger partial charge in [-0.25, -0.2) is 9.97 Å². The molecule has 0 aliphatic carbocycles. The molecule has 6 heteroatoms. The second kappa shape index (κ2) is 10.7. The first-order chi connectivity index (χ1) is 16.6. The number of thiophene rings is 1. The monoisotopic (exact) mass is 492 g/mol. The quantitative estimate of drug-likeness (QED) is 0.394. The Kier molecular flexibility index (Phi) is 7.80. The molecule has 35 heavy (non-hydrogen) atoms. The van der Waals surface area contributed by atoms with Crippen LogP contribution in [0.5, 0.6) is 0 Å². The lowest BCUT2D eigenvalue weighted by Gasteiger charge is -2.36. The highest BCUT2D eigenvalue weighted by Gasteiger charge is 2.27. The van der Waals surface area contributed by atoms with Gasteiger partial charge in [0, 0.05) is 43.9 Å². The van der Waals surface area contributed by atoms with Crippen molar-refractivity contribution in [1.82, 2.24) is 14.9 Å². The highest BCUT2D eigenvalue weighted by atomic mass is 32.1. The van der Waals surface area contributed by atoms with Gasteiger partial charge < -0.3 is 9.80 Å². The molecule has 1 aromatic carbocycles. The van der Waals surface area contributed by atoms with Crippen LogP contribution in [0.1, 0.15) is 62.4 Å². The average molecular weight is 493 g/mol. The highest BCUT2D eigenvalue weighted by Crippen LogP contribution is 2.35. The lowest BCUT2D eigenvalue weighted by atomic mass is 9.84. The number of hydrogen-bond donors (Lipinski definition) is 0. The van der Waals surface area contributed by atoms with Gasteiger partial charge in [0.1, 0.15) is 16.5 Å². The van der Waals surface area contributed by atoms with E-state index < -0.39 is 0 Å². The van der Waals surface area contributed by atoms with Crippen molar-refractivity contribution in [3.8, 4) is 0 Å². The number of nitrogens with zero attached hydrogens (tertiary/aromatic N) is 4. The Bertz CT molecular complexity index is 1160. The minimum Gasteiger partial charge on any atom is -0.352 e. The van der Waals surface area contributed by atoms with Crippen LogP contribution in [0.3, 0.4) is 0 Å². The number of piperazine rings is 1. The van der Waals surface area contributed by atoms with Crippen LogP contribution in [0.15, 0.2) is 30.3 Å². The van der Waals surface area contributed by atoms with E-state index in [-0.39, 0.29) is 5.41 Å². The van der Waals surface area contributed by atoms with Gasteiger partial charge in [-0.1, -0.05) is 58.0 Å².